The van der Waals surface area contributed by atoms with Crippen LogP contribution in [0.5, 0.6) is 5.75 Å². The van der Waals surface area contributed by atoms with Crippen molar-refractivity contribution in [1.82, 2.24) is 9.55 Å². The molecule has 0 spiro atoms. The van der Waals surface area contributed by atoms with Crippen LogP contribution in [0.25, 0.3) is 33.1 Å². The number of ether oxygens (including phenoxy) is 1. The minimum absolute atomic E-state index is 0.564. The molecule has 5 aromatic rings. The zero-order valence-corrected chi connectivity index (χ0v) is 17.1. The van der Waals surface area contributed by atoms with Crippen LogP contribution in [0, 0.1) is 13.8 Å². The molecule has 3 nitrogen and oxygen atoms in total. The maximum atomic E-state index is 6.00. The van der Waals surface area contributed by atoms with Crippen LogP contribution in [0.15, 0.2) is 72.8 Å². The molecule has 0 saturated carbocycles. The first-order chi connectivity index (χ1) is 14.7. The summed E-state index contributed by atoms with van der Waals surface area (Å²) in [5.74, 6) is 0.916. The first kappa shape index (κ1) is 17.3. The molecule has 0 fully saturated rings. The van der Waals surface area contributed by atoms with Gasteiger partial charge in [-0.15, -0.1) is 0 Å². The van der Waals surface area contributed by atoms with Crippen LogP contribution in [0.4, 0.5) is 0 Å². The summed E-state index contributed by atoms with van der Waals surface area (Å²) in [6.45, 7) is 5.88. The molecule has 1 aliphatic heterocycles. The maximum Gasteiger partial charge on any atom is 0.129 e. The Hall–Kier alpha value is -3.59. The molecule has 3 heteroatoms. The third-order valence-corrected chi connectivity index (χ3v) is 6.38. The highest BCUT2D eigenvalue weighted by Gasteiger charge is 2.21. The fraction of sp³-hybridized carbons (Fsp3) is 0.148. The van der Waals surface area contributed by atoms with Crippen molar-refractivity contribution in [2.45, 2.75) is 27.0 Å². The monoisotopic (exact) mass is 390 g/mol. The average molecular weight is 390 g/mol. The van der Waals surface area contributed by atoms with Gasteiger partial charge in [0.05, 0.1) is 11.2 Å². The zero-order chi connectivity index (χ0) is 20.2. The second-order valence-corrected chi connectivity index (χ2v) is 8.09. The fourth-order valence-corrected chi connectivity index (χ4v) is 4.72. The molecule has 0 aliphatic carbocycles. The summed E-state index contributed by atoms with van der Waals surface area (Å²) in [6, 6.07) is 25.5. The standard InChI is InChI=1S/C27H22N2O/c1-17-18(2)29(15-19-8-4-3-5-9-19)24-13-12-23-22(26(17)24)14-20-16-30-25-11-7-6-10-21(25)27(20)28-23/h3-14H,15-16H2,1-2H3. The summed E-state index contributed by atoms with van der Waals surface area (Å²) in [4.78, 5) is 5.08. The lowest BCUT2D eigenvalue weighted by atomic mass is 9.98. The highest BCUT2D eigenvalue weighted by Crippen LogP contribution is 2.39. The van der Waals surface area contributed by atoms with Gasteiger partial charge >= 0.3 is 0 Å². The minimum Gasteiger partial charge on any atom is -0.488 e. The van der Waals surface area contributed by atoms with Crippen molar-refractivity contribution in [1.29, 1.82) is 0 Å². The summed E-state index contributed by atoms with van der Waals surface area (Å²) in [6.07, 6.45) is 0. The van der Waals surface area contributed by atoms with Gasteiger partial charge in [0, 0.05) is 39.7 Å². The number of pyridine rings is 1. The molecule has 0 radical (unpaired) electrons. The number of para-hydroxylation sites is 1. The van der Waals surface area contributed by atoms with Gasteiger partial charge in [-0.25, -0.2) is 4.98 Å². The van der Waals surface area contributed by atoms with Gasteiger partial charge < -0.3 is 9.30 Å². The van der Waals surface area contributed by atoms with E-state index in [1.165, 1.54) is 33.1 Å². The molecular formula is C27H22N2O. The molecule has 0 unspecified atom stereocenters. The minimum atomic E-state index is 0.564. The third-order valence-electron chi connectivity index (χ3n) is 6.38. The maximum absolute atomic E-state index is 6.00. The molecule has 0 atom stereocenters. The van der Waals surface area contributed by atoms with E-state index in [2.05, 4.69) is 73.0 Å². The molecule has 3 heterocycles. The van der Waals surface area contributed by atoms with Crippen molar-refractivity contribution in [3.63, 3.8) is 0 Å². The van der Waals surface area contributed by atoms with Gasteiger partial charge in [-0.1, -0.05) is 42.5 Å². The lowest BCUT2D eigenvalue weighted by Gasteiger charge is -2.20. The molecule has 3 aromatic carbocycles. The second-order valence-electron chi connectivity index (χ2n) is 8.09. The number of aryl methyl sites for hydroxylation is 1. The summed E-state index contributed by atoms with van der Waals surface area (Å²) < 4.78 is 8.43. The Kier molecular flexibility index (Phi) is 3.72. The van der Waals surface area contributed by atoms with E-state index in [1.54, 1.807) is 0 Å². The predicted octanol–water partition coefficient (Wildman–Crippen LogP) is 6.41. The van der Waals surface area contributed by atoms with Crippen molar-refractivity contribution in [2.75, 3.05) is 0 Å². The van der Waals surface area contributed by atoms with Crippen molar-refractivity contribution in [3.8, 4) is 17.0 Å². The first-order valence-electron chi connectivity index (χ1n) is 10.4. The van der Waals surface area contributed by atoms with Gasteiger partial charge in [-0.05, 0) is 55.3 Å². The normalized spacial score (nSPS) is 12.6. The van der Waals surface area contributed by atoms with Crippen molar-refractivity contribution >= 4 is 21.8 Å². The Balaban J connectivity index is 1.59. The molecule has 6 rings (SSSR count). The smallest absolute Gasteiger partial charge is 0.129 e. The SMILES string of the molecule is Cc1c(C)n(Cc2ccccc2)c2ccc3nc4c(cc3c12)COc1ccccc1-4. The summed E-state index contributed by atoms with van der Waals surface area (Å²) in [5, 5.41) is 2.51. The average Bonchev–Trinajstić information content (AvgIpc) is 3.03. The number of aromatic nitrogens is 2. The van der Waals surface area contributed by atoms with E-state index in [-0.39, 0.29) is 0 Å². The Labute approximate surface area is 175 Å². The Morgan fingerprint density at radius 2 is 1.73 bits per heavy atom. The molecule has 146 valence electrons. The third kappa shape index (κ3) is 2.48. The highest BCUT2D eigenvalue weighted by molar-refractivity contribution is 6.08. The Morgan fingerprint density at radius 3 is 2.60 bits per heavy atom. The van der Waals surface area contributed by atoms with Crippen molar-refractivity contribution < 1.29 is 4.74 Å². The summed E-state index contributed by atoms with van der Waals surface area (Å²) in [5.41, 5.74) is 9.52. The number of nitrogens with zero attached hydrogens (tertiary/aromatic N) is 2. The Morgan fingerprint density at radius 1 is 0.933 bits per heavy atom. The van der Waals surface area contributed by atoms with Crippen molar-refractivity contribution in [3.05, 3.63) is 95.2 Å². The number of hydrogen-bond donors (Lipinski definition) is 0. The molecule has 1 aliphatic rings. The quantitative estimate of drug-likeness (QED) is 0.348. The second kappa shape index (κ2) is 6.46. The van der Waals surface area contributed by atoms with Crippen LogP contribution in [0.3, 0.4) is 0 Å². The van der Waals surface area contributed by atoms with E-state index in [0.29, 0.717) is 6.61 Å². The predicted molar refractivity (Wildman–Crippen MR) is 122 cm³/mol. The Bertz CT molecular complexity index is 1430. The van der Waals surface area contributed by atoms with Crippen LogP contribution >= 0.6 is 0 Å². The first-order valence-corrected chi connectivity index (χ1v) is 10.4. The van der Waals surface area contributed by atoms with Crippen LogP contribution in [0.1, 0.15) is 22.4 Å². The van der Waals surface area contributed by atoms with Crippen LogP contribution in [-0.4, -0.2) is 9.55 Å². The molecular weight excluding hydrogens is 368 g/mol. The zero-order valence-electron chi connectivity index (χ0n) is 17.1. The van der Waals surface area contributed by atoms with Crippen LogP contribution in [0.2, 0.25) is 0 Å². The molecule has 0 N–H and O–H groups in total. The number of rotatable bonds is 2. The highest BCUT2D eigenvalue weighted by atomic mass is 16.5. The lowest BCUT2D eigenvalue weighted by molar-refractivity contribution is 0.302. The molecule has 0 bridgehead atoms. The van der Waals surface area contributed by atoms with Gasteiger partial charge in [0.2, 0.25) is 0 Å². The molecule has 0 amide bonds. The van der Waals surface area contributed by atoms with Gasteiger partial charge in [-0.2, -0.15) is 0 Å². The lowest BCUT2D eigenvalue weighted by Crippen LogP contribution is -2.07. The molecule has 0 saturated heterocycles. The number of fused-ring (bicyclic) bond motifs is 6. The van der Waals surface area contributed by atoms with E-state index in [4.69, 9.17) is 9.72 Å². The molecule has 30 heavy (non-hydrogen) atoms. The van der Waals surface area contributed by atoms with Crippen LogP contribution in [-0.2, 0) is 13.2 Å². The van der Waals surface area contributed by atoms with Crippen LogP contribution < -0.4 is 4.74 Å². The largest absolute Gasteiger partial charge is 0.488 e. The van der Waals surface area contributed by atoms with E-state index < -0.39 is 0 Å². The number of benzene rings is 3. The number of hydrogen-bond acceptors (Lipinski definition) is 2. The fourth-order valence-electron chi connectivity index (χ4n) is 4.72. The van der Waals surface area contributed by atoms with E-state index >= 15 is 0 Å². The van der Waals surface area contributed by atoms with Gasteiger partial charge in [0.1, 0.15) is 12.4 Å². The van der Waals surface area contributed by atoms with Gasteiger partial charge in [0.25, 0.3) is 0 Å². The van der Waals surface area contributed by atoms with Crippen molar-refractivity contribution in [2.24, 2.45) is 0 Å². The van der Waals surface area contributed by atoms with E-state index in [1.807, 2.05) is 18.2 Å². The summed E-state index contributed by atoms with van der Waals surface area (Å²) in [7, 11) is 0. The summed E-state index contributed by atoms with van der Waals surface area (Å²) >= 11 is 0. The van der Waals surface area contributed by atoms with Gasteiger partial charge in [0.15, 0.2) is 0 Å². The molecule has 2 aromatic heterocycles. The topological polar surface area (TPSA) is 27.1 Å². The van der Waals surface area contributed by atoms with Gasteiger partial charge in [-0.3, -0.25) is 0 Å². The van der Waals surface area contributed by atoms with E-state index in [0.717, 1.165) is 34.6 Å². The van der Waals surface area contributed by atoms with E-state index in [9.17, 15) is 0 Å².